The second kappa shape index (κ2) is 3.71. The summed E-state index contributed by atoms with van der Waals surface area (Å²) >= 11 is 0. The summed E-state index contributed by atoms with van der Waals surface area (Å²) < 4.78 is 5.36. The lowest BCUT2D eigenvalue weighted by molar-refractivity contribution is 0.551. The van der Waals surface area contributed by atoms with Gasteiger partial charge in [0, 0.05) is 19.5 Å². The molecule has 16 heavy (non-hydrogen) atoms. The highest BCUT2D eigenvalue weighted by Crippen LogP contribution is 2.14. The standard InChI is InChI=1S/C10H13N5O/c1-6-13-8-5-12-10(15-9(8)16-6)14-7-2-3-11-4-7/h5,7,11H,2-4H2,1H3,(H,12,14,15). The summed E-state index contributed by atoms with van der Waals surface area (Å²) in [7, 11) is 0. The summed E-state index contributed by atoms with van der Waals surface area (Å²) in [6.07, 6.45) is 2.78. The van der Waals surface area contributed by atoms with Crippen LogP contribution in [-0.4, -0.2) is 34.1 Å². The highest BCUT2D eigenvalue weighted by Gasteiger charge is 2.15. The van der Waals surface area contributed by atoms with Gasteiger partial charge in [-0.25, -0.2) is 9.97 Å². The molecule has 1 fully saturated rings. The van der Waals surface area contributed by atoms with Gasteiger partial charge in [0.1, 0.15) is 5.52 Å². The predicted molar refractivity (Wildman–Crippen MR) is 59.2 cm³/mol. The van der Waals surface area contributed by atoms with Gasteiger partial charge in [0.15, 0.2) is 5.89 Å². The number of oxazole rings is 1. The van der Waals surface area contributed by atoms with Crippen LogP contribution in [0.1, 0.15) is 12.3 Å². The molecule has 1 aliphatic rings. The molecule has 2 aromatic heterocycles. The highest BCUT2D eigenvalue weighted by molar-refractivity contribution is 5.68. The van der Waals surface area contributed by atoms with Crippen LogP contribution in [-0.2, 0) is 0 Å². The van der Waals surface area contributed by atoms with Crippen LogP contribution in [0.2, 0.25) is 0 Å². The fraction of sp³-hybridized carbons (Fsp3) is 0.500. The van der Waals surface area contributed by atoms with Crippen molar-refractivity contribution >= 4 is 17.2 Å². The molecule has 0 amide bonds. The van der Waals surface area contributed by atoms with Gasteiger partial charge >= 0.3 is 0 Å². The average Bonchev–Trinajstić information content (AvgIpc) is 2.85. The Morgan fingerprint density at radius 2 is 2.44 bits per heavy atom. The molecule has 0 saturated carbocycles. The number of aryl methyl sites for hydroxylation is 1. The van der Waals surface area contributed by atoms with Crippen molar-refractivity contribution in [2.24, 2.45) is 0 Å². The number of aromatic nitrogens is 3. The molecule has 0 aromatic carbocycles. The van der Waals surface area contributed by atoms with Gasteiger partial charge in [-0.1, -0.05) is 0 Å². The zero-order valence-electron chi connectivity index (χ0n) is 9.03. The Hall–Kier alpha value is -1.69. The normalized spacial score (nSPS) is 20.4. The lowest BCUT2D eigenvalue weighted by atomic mass is 10.3. The lowest BCUT2D eigenvalue weighted by Crippen LogP contribution is -2.23. The van der Waals surface area contributed by atoms with Gasteiger partial charge in [-0.2, -0.15) is 4.98 Å². The minimum Gasteiger partial charge on any atom is -0.422 e. The van der Waals surface area contributed by atoms with Gasteiger partial charge in [-0.15, -0.1) is 0 Å². The quantitative estimate of drug-likeness (QED) is 0.774. The molecular weight excluding hydrogens is 206 g/mol. The molecule has 1 atom stereocenters. The van der Waals surface area contributed by atoms with Gasteiger partial charge in [-0.3, -0.25) is 0 Å². The van der Waals surface area contributed by atoms with E-state index in [1.165, 1.54) is 0 Å². The van der Waals surface area contributed by atoms with E-state index in [0.29, 0.717) is 29.1 Å². The molecule has 1 aliphatic heterocycles. The SMILES string of the molecule is Cc1nc2cnc(NC3CCNC3)nc2o1. The molecule has 0 aliphatic carbocycles. The third-order valence-corrected chi connectivity index (χ3v) is 2.65. The molecule has 0 bridgehead atoms. The maximum Gasteiger partial charge on any atom is 0.251 e. The minimum atomic E-state index is 0.404. The van der Waals surface area contributed by atoms with E-state index in [1.54, 1.807) is 13.1 Å². The van der Waals surface area contributed by atoms with Crippen molar-refractivity contribution in [2.45, 2.75) is 19.4 Å². The third kappa shape index (κ3) is 1.71. The first kappa shape index (κ1) is 9.53. The van der Waals surface area contributed by atoms with Gasteiger partial charge in [0.25, 0.3) is 5.71 Å². The van der Waals surface area contributed by atoms with Gasteiger partial charge in [-0.05, 0) is 13.0 Å². The zero-order chi connectivity index (χ0) is 11.0. The van der Waals surface area contributed by atoms with Crippen LogP contribution in [0.15, 0.2) is 10.6 Å². The lowest BCUT2D eigenvalue weighted by Gasteiger charge is -2.09. The largest absolute Gasteiger partial charge is 0.422 e. The summed E-state index contributed by atoms with van der Waals surface area (Å²) in [5, 5.41) is 6.55. The topological polar surface area (TPSA) is 75.9 Å². The van der Waals surface area contributed by atoms with Crippen LogP contribution >= 0.6 is 0 Å². The fourth-order valence-corrected chi connectivity index (χ4v) is 1.87. The van der Waals surface area contributed by atoms with Crippen molar-refractivity contribution in [3.8, 4) is 0 Å². The summed E-state index contributed by atoms with van der Waals surface area (Å²) in [5.41, 5.74) is 1.24. The van der Waals surface area contributed by atoms with E-state index in [4.69, 9.17) is 4.42 Å². The average molecular weight is 219 g/mol. The van der Waals surface area contributed by atoms with Crippen molar-refractivity contribution in [3.63, 3.8) is 0 Å². The maximum atomic E-state index is 5.36. The molecule has 84 valence electrons. The zero-order valence-corrected chi connectivity index (χ0v) is 9.03. The number of anilines is 1. The monoisotopic (exact) mass is 219 g/mol. The van der Waals surface area contributed by atoms with Crippen LogP contribution in [0.4, 0.5) is 5.95 Å². The minimum absolute atomic E-state index is 0.404. The molecule has 0 radical (unpaired) electrons. The van der Waals surface area contributed by atoms with Crippen LogP contribution < -0.4 is 10.6 Å². The molecular formula is C10H13N5O. The van der Waals surface area contributed by atoms with E-state index in [0.717, 1.165) is 19.5 Å². The summed E-state index contributed by atoms with van der Waals surface area (Å²) in [6.45, 7) is 3.80. The van der Waals surface area contributed by atoms with Crippen molar-refractivity contribution < 1.29 is 4.42 Å². The van der Waals surface area contributed by atoms with Gasteiger partial charge in [0.2, 0.25) is 5.95 Å². The Labute approximate surface area is 92.5 Å². The smallest absolute Gasteiger partial charge is 0.251 e. The molecule has 6 heteroatoms. The van der Waals surface area contributed by atoms with E-state index < -0.39 is 0 Å². The molecule has 3 heterocycles. The van der Waals surface area contributed by atoms with E-state index >= 15 is 0 Å². The van der Waals surface area contributed by atoms with Crippen molar-refractivity contribution in [2.75, 3.05) is 18.4 Å². The van der Waals surface area contributed by atoms with Crippen molar-refractivity contribution in [1.82, 2.24) is 20.3 Å². The molecule has 2 aromatic rings. The first-order chi connectivity index (χ1) is 7.81. The number of nitrogens with zero attached hydrogens (tertiary/aromatic N) is 3. The first-order valence-corrected chi connectivity index (χ1v) is 5.39. The molecule has 1 saturated heterocycles. The van der Waals surface area contributed by atoms with E-state index in [2.05, 4.69) is 25.6 Å². The Morgan fingerprint density at radius 3 is 3.25 bits per heavy atom. The van der Waals surface area contributed by atoms with Gasteiger partial charge in [0.05, 0.1) is 6.20 Å². The molecule has 6 nitrogen and oxygen atoms in total. The summed E-state index contributed by atoms with van der Waals surface area (Å²) in [6, 6.07) is 0.404. The number of fused-ring (bicyclic) bond motifs is 1. The summed E-state index contributed by atoms with van der Waals surface area (Å²) in [5.74, 6) is 1.22. The Bertz CT molecular complexity index is 503. The van der Waals surface area contributed by atoms with Gasteiger partial charge < -0.3 is 15.1 Å². The maximum absolute atomic E-state index is 5.36. The summed E-state index contributed by atoms with van der Waals surface area (Å²) in [4.78, 5) is 12.6. The first-order valence-electron chi connectivity index (χ1n) is 5.39. The molecule has 1 unspecified atom stereocenters. The molecule has 0 spiro atoms. The van der Waals surface area contributed by atoms with E-state index in [1.807, 2.05) is 0 Å². The molecule has 3 rings (SSSR count). The number of hydrogen-bond acceptors (Lipinski definition) is 6. The van der Waals surface area contributed by atoms with Crippen molar-refractivity contribution in [1.29, 1.82) is 0 Å². The third-order valence-electron chi connectivity index (χ3n) is 2.65. The molecule has 2 N–H and O–H groups in total. The van der Waals surface area contributed by atoms with E-state index in [9.17, 15) is 0 Å². The highest BCUT2D eigenvalue weighted by atomic mass is 16.4. The van der Waals surface area contributed by atoms with Crippen LogP contribution in [0.25, 0.3) is 11.2 Å². The Kier molecular flexibility index (Phi) is 2.21. The van der Waals surface area contributed by atoms with Crippen molar-refractivity contribution in [3.05, 3.63) is 12.1 Å². The van der Waals surface area contributed by atoms with Crippen LogP contribution in [0.3, 0.4) is 0 Å². The Balaban J connectivity index is 1.86. The number of rotatable bonds is 2. The fourth-order valence-electron chi connectivity index (χ4n) is 1.87. The Morgan fingerprint density at radius 1 is 1.50 bits per heavy atom. The second-order valence-electron chi connectivity index (χ2n) is 3.95. The number of hydrogen-bond donors (Lipinski definition) is 2. The van der Waals surface area contributed by atoms with Crippen LogP contribution in [0, 0.1) is 6.92 Å². The van der Waals surface area contributed by atoms with E-state index in [-0.39, 0.29) is 0 Å². The number of nitrogens with one attached hydrogen (secondary N) is 2. The van der Waals surface area contributed by atoms with Crippen LogP contribution in [0.5, 0.6) is 0 Å². The second-order valence-corrected chi connectivity index (χ2v) is 3.95. The predicted octanol–water partition coefficient (Wildman–Crippen LogP) is 0.700.